The third-order valence-corrected chi connectivity index (χ3v) is 4.98. The first-order valence-electron chi connectivity index (χ1n) is 10.2. The van der Waals surface area contributed by atoms with Crippen LogP contribution in [-0.2, 0) is 6.42 Å². The van der Waals surface area contributed by atoms with E-state index in [0.717, 1.165) is 17.7 Å². The largest absolute Gasteiger partial charge is 0.491 e. The van der Waals surface area contributed by atoms with Gasteiger partial charge in [0.15, 0.2) is 5.69 Å². The normalized spacial score (nSPS) is 10.6. The number of hydrogen-bond acceptors (Lipinski definition) is 4. The Labute approximate surface area is 181 Å². The zero-order chi connectivity index (χ0) is 21.6. The Morgan fingerprint density at radius 3 is 2.55 bits per heavy atom. The number of aromatic nitrogens is 3. The third kappa shape index (κ3) is 4.80. The summed E-state index contributed by atoms with van der Waals surface area (Å²) in [6.07, 6.45) is 0.785. The van der Waals surface area contributed by atoms with E-state index in [4.69, 9.17) is 4.74 Å². The van der Waals surface area contributed by atoms with Gasteiger partial charge in [-0.25, -0.2) is 4.68 Å². The molecule has 0 unspecified atom stereocenters. The maximum Gasteiger partial charge on any atom is 0.278 e. The summed E-state index contributed by atoms with van der Waals surface area (Å²) in [5.74, 6) is 0.297. The van der Waals surface area contributed by atoms with Crippen LogP contribution < -0.4 is 10.1 Å². The van der Waals surface area contributed by atoms with Gasteiger partial charge in [0.1, 0.15) is 5.75 Å². The average molecular weight is 412 g/mol. The second-order valence-corrected chi connectivity index (χ2v) is 7.31. The Hall–Kier alpha value is -3.93. The second kappa shape index (κ2) is 9.26. The number of para-hydroxylation sites is 2. The van der Waals surface area contributed by atoms with Gasteiger partial charge in [-0.2, -0.15) is 0 Å². The van der Waals surface area contributed by atoms with E-state index < -0.39 is 0 Å². The van der Waals surface area contributed by atoms with Crippen molar-refractivity contribution in [2.75, 3.05) is 11.9 Å². The van der Waals surface area contributed by atoms with E-state index in [1.54, 1.807) is 4.68 Å². The standard InChI is InChI=1S/C25H24N4O2/c1-18-9-8-12-21(17-18)29-19(2)24(27-28-29)25(30)26-22-13-6-7-14-23(22)31-16-15-20-10-4-3-5-11-20/h3-14,17H,15-16H2,1-2H3,(H,26,30). The predicted molar refractivity (Wildman–Crippen MR) is 121 cm³/mol. The number of rotatable bonds is 7. The Bertz CT molecular complexity index is 1190. The molecule has 0 aliphatic carbocycles. The van der Waals surface area contributed by atoms with E-state index in [0.29, 0.717) is 23.7 Å². The van der Waals surface area contributed by atoms with E-state index in [1.807, 2.05) is 80.6 Å². The number of benzene rings is 3. The molecule has 0 radical (unpaired) electrons. The molecule has 0 spiro atoms. The van der Waals surface area contributed by atoms with Crippen LogP contribution in [-0.4, -0.2) is 27.5 Å². The molecular weight excluding hydrogens is 388 g/mol. The molecule has 0 aliphatic rings. The lowest BCUT2D eigenvalue weighted by Gasteiger charge is -2.12. The highest BCUT2D eigenvalue weighted by Gasteiger charge is 2.19. The van der Waals surface area contributed by atoms with Gasteiger partial charge in [-0.3, -0.25) is 4.79 Å². The van der Waals surface area contributed by atoms with Gasteiger partial charge in [-0.15, -0.1) is 5.10 Å². The van der Waals surface area contributed by atoms with Crippen molar-refractivity contribution in [2.45, 2.75) is 20.3 Å². The first-order chi connectivity index (χ1) is 15.1. The van der Waals surface area contributed by atoms with Crippen molar-refractivity contribution in [1.29, 1.82) is 0 Å². The van der Waals surface area contributed by atoms with Crippen molar-refractivity contribution in [3.8, 4) is 11.4 Å². The van der Waals surface area contributed by atoms with Crippen molar-refractivity contribution < 1.29 is 9.53 Å². The topological polar surface area (TPSA) is 69.0 Å². The summed E-state index contributed by atoms with van der Waals surface area (Å²) in [5, 5.41) is 11.2. The van der Waals surface area contributed by atoms with Gasteiger partial charge in [-0.1, -0.05) is 59.8 Å². The first-order valence-corrected chi connectivity index (χ1v) is 10.2. The highest BCUT2D eigenvalue weighted by molar-refractivity contribution is 6.04. The summed E-state index contributed by atoms with van der Waals surface area (Å²) < 4.78 is 7.61. The van der Waals surface area contributed by atoms with E-state index in [9.17, 15) is 4.79 Å². The van der Waals surface area contributed by atoms with Crippen LogP contribution in [0.25, 0.3) is 5.69 Å². The summed E-state index contributed by atoms with van der Waals surface area (Å²) in [6, 6.07) is 25.4. The number of carbonyl (C=O) groups is 1. The zero-order valence-electron chi connectivity index (χ0n) is 17.6. The van der Waals surface area contributed by atoms with E-state index in [2.05, 4.69) is 27.8 Å². The molecule has 0 saturated carbocycles. The van der Waals surface area contributed by atoms with E-state index >= 15 is 0 Å². The molecule has 3 aromatic carbocycles. The Balaban J connectivity index is 1.47. The molecular formula is C25H24N4O2. The number of nitrogens with one attached hydrogen (secondary N) is 1. The molecule has 31 heavy (non-hydrogen) atoms. The van der Waals surface area contributed by atoms with Crippen LogP contribution in [0.5, 0.6) is 5.75 Å². The summed E-state index contributed by atoms with van der Waals surface area (Å²) in [7, 11) is 0. The van der Waals surface area contributed by atoms with Crippen LogP contribution >= 0.6 is 0 Å². The van der Waals surface area contributed by atoms with Gasteiger partial charge in [0, 0.05) is 6.42 Å². The molecule has 0 bridgehead atoms. The monoisotopic (exact) mass is 412 g/mol. The minimum Gasteiger partial charge on any atom is -0.491 e. The van der Waals surface area contributed by atoms with Gasteiger partial charge < -0.3 is 10.1 Å². The number of carbonyl (C=O) groups excluding carboxylic acids is 1. The molecule has 1 N–H and O–H groups in total. The van der Waals surface area contributed by atoms with Gasteiger partial charge in [0.25, 0.3) is 5.91 Å². The van der Waals surface area contributed by atoms with Crippen LogP contribution in [0.2, 0.25) is 0 Å². The lowest BCUT2D eigenvalue weighted by Crippen LogP contribution is -2.15. The molecule has 156 valence electrons. The Kier molecular flexibility index (Phi) is 6.08. The van der Waals surface area contributed by atoms with Gasteiger partial charge in [-0.05, 0) is 49.2 Å². The molecule has 1 amide bonds. The number of ether oxygens (including phenoxy) is 1. The smallest absolute Gasteiger partial charge is 0.278 e. The summed E-state index contributed by atoms with van der Waals surface area (Å²) in [4.78, 5) is 12.9. The van der Waals surface area contributed by atoms with Crippen LogP contribution in [0.1, 0.15) is 27.3 Å². The number of nitrogens with zero attached hydrogens (tertiary/aromatic N) is 3. The molecule has 0 aliphatic heterocycles. The Morgan fingerprint density at radius 2 is 1.74 bits per heavy atom. The quantitative estimate of drug-likeness (QED) is 0.475. The molecule has 1 aromatic heterocycles. The minimum absolute atomic E-state index is 0.278. The molecule has 0 fully saturated rings. The fourth-order valence-electron chi connectivity index (χ4n) is 3.34. The van der Waals surface area contributed by atoms with Crippen molar-refractivity contribution in [3.05, 3.63) is 101 Å². The van der Waals surface area contributed by atoms with Gasteiger partial charge in [0.2, 0.25) is 0 Å². The number of anilines is 1. The van der Waals surface area contributed by atoms with Crippen molar-refractivity contribution >= 4 is 11.6 Å². The highest BCUT2D eigenvalue weighted by atomic mass is 16.5. The van der Waals surface area contributed by atoms with Crippen LogP contribution in [0.3, 0.4) is 0 Å². The van der Waals surface area contributed by atoms with E-state index in [1.165, 1.54) is 5.56 Å². The maximum absolute atomic E-state index is 12.9. The summed E-state index contributed by atoms with van der Waals surface area (Å²) in [5.41, 5.74) is 4.73. The van der Waals surface area contributed by atoms with Crippen molar-refractivity contribution in [1.82, 2.24) is 15.0 Å². The zero-order valence-corrected chi connectivity index (χ0v) is 17.6. The van der Waals surface area contributed by atoms with Crippen LogP contribution in [0, 0.1) is 13.8 Å². The lowest BCUT2D eigenvalue weighted by atomic mass is 10.2. The fourth-order valence-corrected chi connectivity index (χ4v) is 3.34. The third-order valence-electron chi connectivity index (χ3n) is 4.98. The van der Waals surface area contributed by atoms with Crippen LogP contribution in [0.15, 0.2) is 78.9 Å². The minimum atomic E-state index is -0.324. The van der Waals surface area contributed by atoms with Crippen molar-refractivity contribution in [2.24, 2.45) is 0 Å². The first kappa shape index (κ1) is 20.3. The predicted octanol–water partition coefficient (Wildman–Crippen LogP) is 4.76. The fraction of sp³-hybridized carbons (Fsp3) is 0.160. The number of amides is 1. The summed E-state index contributed by atoms with van der Waals surface area (Å²) in [6.45, 7) is 4.36. The molecule has 0 saturated heterocycles. The maximum atomic E-state index is 12.9. The van der Waals surface area contributed by atoms with Crippen LogP contribution in [0.4, 0.5) is 5.69 Å². The SMILES string of the molecule is Cc1cccc(-n2nnc(C(=O)Nc3ccccc3OCCc3ccccc3)c2C)c1. The van der Waals surface area contributed by atoms with Crippen molar-refractivity contribution in [3.63, 3.8) is 0 Å². The van der Waals surface area contributed by atoms with E-state index in [-0.39, 0.29) is 11.6 Å². The van der Waals surface area contributed by atoms with Gasteiger partial charge >= 0.3 is 0 Å². The molecule has 1 heterocycles. The molecule has 4 aromatic rings. The molecule has 4 rings (SSSR count). The lowest BCUT2D eigenvalue weighted by molar-refractivity contribution is 0.102. The molecule has 0 atom stereocenters. The average Bonchev–Trinajstić information content (AvgIpc) is 3.17. The number of hydrogen-bond donors (Lipinski definition) is 1. The van der Waals surface area contributed by atoms with Gasteiger partial charge in [0.05, 0.1) is 23.7 Å². The summed E-state index contributed by atoms with van der Waals surface area (Å²) >= 11 is 0. The Morgan fingerprint density at radius 1 is 0.968 bits per heavy atom. The molecule has 6 nitrogen and oxygen atoms in total. The highest BCUT2D eigenvalue weighted by Crippen LogP contribution is 2.25. The molecule has 6 heteroatoms. The second-order valence-electron chi connectivity index (χ2n) is 7.31. The number of aryl methyl sites for hydroxylation is 1.